The monoisotopic (exact) mass is 350 g/mol. The van der Waals surface area contributed by atoms with Crippen molar-refractivity contribution in [2.24, 2.45) is 5.10 Å². The minimum absolute atomic E-state index is 0.194. The van der Waals surface area contributed by atoms with E-state index in [4.69, 9.17) is 20.6 Å². The molecule has 0 saturated carbocycles. The van der Waals surface area contributed by atoms with Crippen LogP contribution in [0, 0.1) is 12.3 Å². The number of benzene rings is 2. The van der Waals surface area contributed by atoms with Gasteiger partial charge in [0.15, 0.2) is 11.5 Å². The molecule has 0 atom stereocenters. The van der Waals surface area contributed by atoms with Crippen molar-refractivity contribution in [3.63, 3.8) is 0 Å². The molecule has 0 spiro atoms. The fourth-order valence-corrected chi connectivity index (χ4v) is 2.41. The molecule has 2 aromatic carbocycles. The number of hydrogen-bond acceptors (Lipinski definition) is 5. The smallest absolute Gasteiger partial charge is 0.244 e. The lowest BCUT2D eigenvalue weighted by molar-refractivity contribution is -0.120. The number of fused-ring (bicyclic) bond motifs is 1. The molecular formula is C20H18N2O4. The third-order valence-corrected chi connectivity index (χ3v) is 3.55. The zero-order valence-electron chi connectivity index (χ0n) is 14.1. The molecule has 1 N–H and O–H groups in total. The maximum absolute atomic E-state index is 12.0. The van der Waals surface area contributed by atoms with Gasteiger partial charge in [0.1, 0.15) is 25.6 Å². The van der Waals surface area contributed by atoms with Gasteiger partial charge in [0.2, 0.25) is 5.91 Å². The molecule has 0 saturated heterocycles. The van der Waals surface area contributed by atoms with Crippen LogP contribution < -0.4 is 19.6 Å². The lowest BCUT2D eigenvalue weighted by atomic mass is 10.1. The van der Waals surface area contributed by atoms with E-state index in [0.717, 1.165) is 11.1 Å². The average molecular weight is 350 g/mol. The molecule has 0 fully saturated rings. The van der Waals surface area contributed by atoms with Gasteiger partial charge in [0.05, 0.1) is 12.6 Å². The summed E-state index contributed by atoms with van der Waals surface area (Å²) in [6.07, 6.45) is 6.91. The summed E-state index contributed by atoms with van der Waals surface area (Å²) in [5, 5.41) is 3.97. The number of amides is 1. The first-order valence-electron chi connectivity index (χ1n) is 8.11. The lowest BCUT2D eigenvalue weighted by Crippen LogP contribution is -2.20. The van der Waals surface area contributed by atoms with Crippen LogP contribution in [-0.2, 0) is 11.2 Å². The van der Waals surface area contributed by atoms with Crippen LogP contribution in [-0.4, -0.2) is 31.9 Å². The standard InChI is InChI=1S/C20H18N2O4/c1-2-8-24-17-5-3-4-16(11-17)14-21-22-20(23)13-15-6-7-18-19(12-15)26-10-9-25-18/h1,3-7,11-12,14H,8-10,13H2,(H,22,23)/b21-14+. The van der Waals surface area contributed by atoms with Crippen LogP contribution in [0.15, 0.2) is 47.6 Å². The quantitative estimate of drug-likeness (QED) is 0.492. The molecule has 3 rings (SSSR count). The molecule has 1 heterocycles. The first kappa shape index (κ1) is 17.4. The van der Waals surface area contributed by atoms with Crippen LogP contribution in [0.1, 0.15) is 11.1 Å². The Kier molecular flexibility index (Phi) is 5.73. The van der Waals surface area contributed by atoms with Gasteiger partial charge in [-0.2, -0.15) is 5.10 Å². The van der Waals surface area contributed by atoms with E-state index in [1.807, 2.05) is 30.3 Å². The number of terminal acetylenes is 1. The Labute approximate surface area is 151 Å². The molecule has 26 heavy (non-hydrogen) atoms. The summed E-state index contributed by atoms with van der Waals surface area (Å²) in [5.41, 5.74) is 4.12. The molecule has 132 valence electrons. The van der Waals surface area contributed by atoms with Crippen molar-refractivity contribution in [3.8, 4) is 29.6 Å². The number of hydrazone groups is 1. The second kappa shape index (κ2) is 8.58. The molecule has 1 aliphatic rings. The zero-order chi connectivity index (χ0) is 18.2. The first-order valence-corrected chi connectivity index (χ1v) is 8.11. The third kappa shape index (κ3) is 4.77. The molecule has 6 nitrogen and oxygen atoms in total. The van der Waals surface area contributed by atoms with Gasteiger partial charge >= 0.3 is 0 Å². The van der Waals surface area contributed by atoms with Gasteiger partial charge in [-0.05, 0) is 35.4 Å². The molecule has 0 radical (unpaired) electrons. The summed E-state index contributed by atoms with van der Waals surface area (Å²) in [5.74, 6) is 4.19. The second-order valence-corrected chi connectivity index (χ2v) is 5.51. The summed E-state index contributed by atoms with van der Waals surface area (Å²) in [4.78, 5) is 12.0. The third-order valence-electron chi connectivity index (χ3n) is 3.55. The van der Waals surface area contributed by atoms with Crippen LogP contribution in [0.25, 0.3) is 0 Å². The molecule has 0 aromatic heterocycles. The minimum atomic E-state index is -0.224. The molecular weight excluding hydrogens is 332 g/mol. The van der Waals surface area contributed by atoms with Gasteiger partial charge in [-0.15, -0.1) is 6.42 Å². The van der Waals surface area contributed by atoms with E-state index in [9.17, 15) is 4.79 Å². The molecule has 0 aliphatic carbocycles. The molecule has 0 unspecified atom stereocenters. The van der Waals surface area contributed by atoms with E-state index in [0.29, 0.717) is 30.5 Å². The number of hydrogen-bond donors (Lipinski definition) is 1. The Morgan fingerprint density at radius 3 is 2.92 bits per heavy atom. The number of rotatable bonds is 6. The number of nitrogens with zero attached hydrogens (tertiary/aromatic N) is 1. The fraction of sp³-hybridized carbons (Fsp3) is 0.200. The summed E-state index contributed by atoms with van der Waals surface area (Å²) < 4.78 is 16.3. The van der Waals surface area contributed by atoms with E-state index in [-0.39, 0.29) is 18.9 Å². The topological polar surface area (TPSA) is 69.2 Å². The van der Waals surface area contributed by atoms with Gasteiger partial charge in [0, 0.05) is 0 Å². The predicted octanol–water partition coefficient (Wildman–Crippen LogP) is 2.16. The molecule has 2 aromatic rings. The minimum Gasteiger partial charge on any atom is -0.486 e. The van der Waals surface area contributed by atoms with Crippen molar-refractivity contribution in [3.05, 3.63) is 53.6 Å². The maximum Gasteiger partial charge on any atom is 0.244 e. The van der Waals surface area contributed by atoms with Crippen molar-refractivity contribution >= 4 is 12.1 Å². The van der Waals surface area contributed by atoms with Crippen LogP contribution in [0.2, 0.25) is 0 Å². The SMILES string of the molecule is C#CCOc1cccc(/C=N/NC(=O)Cc2ccc3c(c2)OCCO3)c1. The van der Waals surface area contributed by atoms with Crippen molar-refractivity contribution < 1.29 is 19.0 Å². The summed E-state index contributed by atoms with van der Waals surface area (Å²) in [6, 6.07) is 12.7. The van der Waals surface area contributed by atoms with E-state index < -0.39 is 0 Å². The highest BCUT2D eigenvalue weighted by Crippen LogP contribution is 2.30. The van der Waals surface area contributed by atoms with Gasteiger partial charge in [0.25, 0.3) is 0 Å². The largest absolute Gasteiger partial charge is 0.486 e. The first-order chi connectivity index (χ1) is 12.7. The summed E-state index contributed by atoms with van der Waals surface area (Å²) in [6.45, 7) is 1.25. The van der Waals surface area contributed by atoms with Crippen molar-refractivity contribution in [2.75, 3.05) is 19.8 Å². The van der Waals surface area contributed by atoms with E-state index >= 15 is 0 Å². The molecule has 1 aliphatic heterocycles. The molecule has 0 bridgehead atoms. The normalized spacial score (nSPS) is 12.4. The van der Waals surface area contributed by atoms with E-state index in [1.54, 1.807) is 18.3 Å². The highest BCUT2D eigenvalue weighted by molar-refractivity contribution is 5.83. The Balaban J connectivity index is 1.54. The summed E-state index contributed by atoms with van der Waals surface area (Å²) in [7, 11) is 0. The van der Waals surface area contributed by atoms with Crippen LogP contribution >= 0.6 is 0 Å². The van der Waals surface area contributed by atoms with Crippen molar-refractivity contribution in [1.29, 1.82) is 0 Å². The highest BCUT2D eigenvalue weighted by Gasteiger charge is 2.12. The Morgan fingerprint density at radius 1 is 1.23 bits per heavy atom. The Hall–Kier alpha value is -3.46. The number of carbonyl (C=O) groups excluding carboxylic acids is 1. The van der Waals surface area contributed by atoms with E-state index in [2.05, 4.69) is 16.4 Å². The van der Waals surface area contributed by atoms with Crippen LogP contribution in [0.3, 0.4) is 0 Å². The van der Waals surface area contributed by atoms with Crippen LogP contribution in [0.4, 0.5) is 0 Å². The molecule has 6 heteroatoms. The maximum atomic E-state index is 12.0. The van der Waals surface area contributed by atoms with Gasteiger partial charge in [-0.25, -0.2) is 5.43 Å². The lowest BCUT2D eigenvalue weighted by Gasteiger charge is -2.18. The highest BCUT2D eigenvalue weighted by atomic mass is 16.6. The fourth-order valence-electron chi connectivity index (χ4n) is 2.41. The number of carbonyl (C=O) groups is 1. The Morgan fingerprint density at radius 2 is 2.08 bits per heavy atom. The average Bonchev–Trinajstić information content (AvgIpc) is 2.66. The zero-order valence-corrected chi connectivity index (χ0v) is 14.1. The van der Waals surface area contributed by atoms with Gasteiger partial charge < -0.3 is 14.2 Å². The van der Waals surface area contributed by atoms with E-state index in [1.165, 1.54) is 0 Å². The van der Waals surface area contributed by atoms with Crippen LogP contribution in [0.5, 0.6) is 17.2 Å². The van der Waals surface area contributed by atoms with Crippen molar-refractivity contribution in [1.82, 2.24) is 5.43 Å². The number of ether oxygens (including phenoxy) is 3. The van der Waals surface area contributed by atoms with Gasteiger partial charge in [-0.3, -0.25) is 4.79 Å². The van der Waals surface area contributed by atoms with Gasteiger partial charge in [-0.1, -0.05) is 24.1 Å². The van der Waals surface area contributed by atoms with Crippen molar-refractivity contribution in [2.45, 2.75) is 6.42 Å². The molecule has 1 amide bonds. The second-order valence-electron chi connectivity index (χ2n) is 5.51. The number of nitrogens with one attached hydrogen (secondary N) is 1. The Bertz CT molecular complexity index is 855. The summed E-state index contributed by atoms with van der Waals surface area (Å²) >= 11 is 0. The predicted molar refractivity (Wildman–Crippen MR) is 97.6 cm³/mol.